The molecule has 2 rings (SSSR count). The first-order chi connectivity index (χ1) is 10.6. The number of hydrogen-bond donors (Lipinski definition) is 1. The fraction of sp³-hybridized carbons (Fsp3) is 0.294. The summed E-state index contributed by atoms with van der Waals surface area (Å²) >= 11 is 5.95. The number of carbonyl (C=O) groups excluding carboxylic acids is 1. The van der Waals surface area contributed by atoms with Crippen molar-refractivity contribution in [2.75, 3.05) is 12.4 Å². The molecule has 5 heteroatoms. The van der Waals surface area contributed by atoms with Crippen LogP contribution in [0.2, 0.25) is 5.02 Å². The Kier molecular flexibility index (Phi) is 5.78. The van der Waals surface area contributed by atoms with E-state index in [0.717, 1.165) is 12.8 Å². The second kappa shape index (κ2) is 7.80. The number of anilines is 1. The van der Waals surface area contributed by atoms with Crippen LogP contribution in [0, 0.1) is 0 Å². The van der Waals surface area contributed by atoms with E-state index in [9.17, 15) is 4.79 Å². The Morgan fingerprint density at radius 1 is 1.27 bits per heavy atom. The van der Waals surface area contributed by atoms with Crippen LogP contribution in [-0.2, 0) is 17.8 Å². The van der Waals surface area contributed by atoms with E-state index in [1.165, 1.54) is 5.56 Å². The molecule has 0 aliphatic heterocycles. The summed E-state index contributed by atoms with van der Waals surface area (Å²) in [7, 11) is 1.56. The van der Waals surface area contributed by atoms with Gasteiger partial charge in [-0.3, -0.25) is 4.79 Å². The van der Waals surface area contributed by atoms with Gasteiger partial charge >= 0.3 is 0 Å². The van der Waals surface area contributed by atoms with Crippen molar-refractivity contribution in [1.82, 2.24) is 0 Å². The number of benzene rings is 1. The number of rotatable bonds is 6. The molecule has 0 unspecified atom stereocenters. The molecule has 0 spiro atoms. The zero-order valence-corrected chi connectivity index (χ0v) is 13.6. The molecule has 1 heterocycles. The van der Waals surface area contributed by atoms with E-state index >= 15 is 0 Å². The smallest absolute Gasteiger partial charge is 0.290 e. The second-order valence-electron chi connectivity index (χ2n) is 5.02. The summed E-state index contributed by atoms with van der Waals surface area (Å²) in [5, 5.41) is 3.37. The number of carbonyl (C=O) groups is 1. The van der Waals surface area contributed by atoms with Crippen molar-refractivity contribution in [3.63, 3.8) is 0 Å². The van der Waals surface area contributed by atoms with Crippen LogP contribution in [0.15, 0.2) is 42.7 Å². The average Bonchev–Trinajstić information content (AvgIpc) is 2.50. The number of aromatic nitrogens is 1. The molecule has 4 nitrogen and oxygen atoms in total. The van der Waals surface area contributed by atoms with E-state index in [-0.39, 0.29) is 12.5 Å². The van der Waals surface area contributed by atoms with Gasteiger partial charge < -0.3 is 10.1 Å². The third-order valence-corrected chi connectivity index (χ3v) is 3.50. The molecule has 0 saturated carbocycles. The lowest BCUT2D eigenvalue weighted by molar-refractivity contribution is -0.684. The van der Waals surface area contributed by atoms with Crippen molar-refractivity contribution >= 4 is 23.2 Å². The maximum Gasteiger partial charge on any atom is 0.290 e. The van der Waals surface area contributed by atoms with Crippen molar-refractivity contribution in [2.45, 2.75) is 26.3 Å². The molecule has 0 aliphatic rings. The predicted molar refractivity (Wildman–Crippen MR) is 87.3 cm³/mol. The Bertz CT molecular complexity index is 642. The lowest BCUT2D eigenvalue weighted by atomic mass is 10.2. The Labute approximate surface area is 135 Å². The fourth-order valence-corrected chi connectivity index (χ4v) is 2.35. The monoisotopic (exact) mass is 319 g/mol. The first-order valence-corrected chi connectivity index (χ1v) is 7.61. The van der Waals surface area contributed by atoms with Gasteiger partial charge in [-0.1, -0.05) is 24.9 Å². The Morgan fingerprint density at radius 3 is 2.64 bits per heavy atom. The van der Waals surface area contributed by atoms with Crippen LogP contribution >= 0.6 is 11.6 Å². The summed E-state index contributed by atoms with van der Waals surface area (Å²) < 4.78 is 7.05. The zero-order chi connectivity index (χ0) is 15.9. The van der Waals surface area contributed by atoms with Crippen molar-refractivity contribution in [3.8, 4) is 5.75 Å². The van der Waals surface area contributed by atoms with E-state index in [1.807, 2.05) is 29.1 Å². The summed E-state index contributed by atoms with van der Waals surface area (Å²) in [4.78, 5) is 12.1. The molecule has 0 fully saturated rings. The minimum absolute atomic E-state index is 0.131. The minimum Gasteiger partial charge on any atom is -0.495 e. The van der Waals surface area contributed by atoms with Crippen molar-refractivity contribution in [3.05, 3.63) is 53.3 Å². The molecule has 1 aromatic carbocycles. The topological polar surface area (TPSA) is 42.2 Å². The molecular weight excluding hydrogens is 300 g/mol. The number of methoxy groups -OCH3 is 1. The molecule has 1 N–H and O–H groups in total. The summed E-state index contributed by atoms with van der Waals surface area (Å²) in [6.07, 6.45) is 5.99. The minimum atomic E-state index is -0.131. The quantitative estimate of drug-likeness (QED) is 0.831. The lowest BCUT2D eigenvalue weighted by Crippen LogP contribution is -2.39. The van der Waals surface area contributed by atoms with Gasteiger partial charge in [-0.2, -0.15) is 4.57 Å². The predicted octanol–water partition coefficient (Wildman–Crippen LogP) is 3.23. The first kappa shape index (κ1) is 16.3. The van der Waals surface area contributed by atoms with E-state index in [1.54, 1.807) is 25.3 Å². The van der Waals surface area contributed by atoms with Crippen LogP contribution in [0.5, 0.6) is 5.75 Å². The first-order valence-electron chi connectivity index (χ1n) is 7.23. The maximum absolute atomic E-state index is 12.1. The average molecular weight is 320 g/mol. The van der Waals surface area contributed by atoms with Crippen molar-refractivity contribution in [1.29, 1.82) is 0 Å². The third kappa shape index (κ3) is 4.46. The van der Waals surface area contributed by atoms with Crippen LogP contribution in [0.1, 0.15) is 18.9 Å². The molecule has 116 valence electrons. The Balaban J connectivity index is 2.02. The van der Waals surface area contributed by atoms with Crippen LogP contribution in [0.25, 0.3) is 0 Å². The number of ether oxygens (including phenoxy) is 1. The van der Waals surface area contributed by atoms with Crippen LogP contribution < -0.4 is 14.6 Å². The molecule has 0 saturated heterocycles. The number of pyridine rings is 1. The number of halogens is 1. The molecule has 0 bridgehead atoms. The van der Waals surface area contributed by atoms with Crippen LogP contribution in [-0.4, -0.2) is 13.0 Å². The van der Waals surface area contributed by atoms with Gasteiger partial charge in [0.05, 0.1) is 12.8 Å². The molecule has 2 aromatic rings. The summed E-state index contributed by atoms with van der Waals surface area (Å²) in [6, 6.07) is 9.20. The van der Waals surface area contributed by atoms with Crippen LogP contribution in [0.4, 0.5) is 5.69 Å². The summed E-state index contributed by atoms with van der Waals surface area (Å²) in [5.74, 6) is 0.454. The SMILES string of the molecule is CCCc1cc[n+](CC(=O)Nc2cc(Cl)ccc2OC)cc1. The molecule has 0 aliphatic carbocycles. The summed E-state index contributed by atoms with van der Waals surface area (Å²) in [6.45, 7) is 2.38. The molecule has 0 radical (unpaired) electrons. The largest absolute Gasteiger partial charge is 0.495 e. The van der Waals surface area contributed by atoms with E-state index in [0.29, 0.717) is 16.5 Å². The Morgan fingerprint density at radius 2 is 2.00 bits per heavy atom. The number of amides is 1. The zero-order valence-electron chi connectivity index (χ0n) is 12.8. The molecular formula is C17H20ClN2O2+. The Hall–Kier alpha value is -2.07. The van der Waals surface area contributed by atoms with Gasteiger partial charge in [-0.15, -0.1) is 0 Å². The van der Waals surface area contributed by atoms with Gasteiger partial charge in [0.25, 0.3) is 5.91 Å². The highest BCUT2D eigenvalue weighted by Crippen LogP contribution is 2.27. The molecule has 0 atom stereocenters. The van der Waals surface area contributed by atoms with E-state index in [4.69, 9.17) is 16.3 Å². The van der Waals surface area contributed by atoms with Gasteiger partial charge in [0.2, 0.25) is 6.54 Å². The number of nitrogens with one attached hydrogen (secondary N) is 1. The van der Waals surface area contributed by atoms with Gasteiger partial charge in [0, 0.05) is 17.2 Å². The molecule has 1 amide bonds. The van der Waals surface area contributed by atoms with Crippen LogP contribution in [0.3, 0.4) is 0 Å². The highest BCUT2D eigenvalue weighted by molar-refractivity contribution is 6.31. The number of hydrogen-bond acceptors (Lipinski definition) is 2. The van der Waals surface area contributed by atoms with Crippen molar-refractivity contribution in [2.24, 2.45) is 0 Å². The van der Waals surface area contributed by atoms with Gasteiger partial charge in [0.15, 0.2) is 12.4 Å². The van der Waals surface area contributed by atoms with E-state index in [2.05, 4.69) is 12.2 Å². The molecule has 22 heavy (non-hydrogen) atoms. The normalized spacial score (nSPS) is 10.3. The highest BCUT2D eigenvalue weighted by atomic mass is 35.5. The van der Waals surface area contributed by atoms with Gasteiger partial charge in [-0.05, 0) is 30.2 Å². The van der Waals surface area contributed by atoms with Crippen molar-refractivity contribution < 1.29 is 14.1 Å². The molecule has 1 aromatic heterocycles. The number of aryl methyl sites for hydroxylation is 1. The standard InChI is InChI=1S/C17H19ClN2O2/c1-3-4-13-7-9-20(10-8-13)12-17(21)19-15-11-14(18)5-6-16(15)22-2/h5-11H,3-4,12H2,1-2H3/p+1. The summed E-state index contributed by atoms with van der Waals surface area (Å²) in [5.41, 5.74) is 1.85. The highest BCUT2D eigenvalue weighted by Gasteiger charge is 2.12. The van der Waals surface area contributed by atoms with E-state index < -0.39 is 0 Å². The second-order valence-corrected chi connectivity index (χ2v) is 5.46. The van der Waals surface area contributed by atoms with Gasteiger partial charge in [-0.25, -0.2) is 0 Å². The third-order valence-electron chi connectivity index (χ3n) is 3.26. The number of nitrogens with zero attached hydrogens (tertiary/aromatic N) is 1. The maximum atomic E-state index is 12.1. The van der Waals surface area contributed by atoms with Gasteiger partial charge in [0.1, 0.15) is 5.75 Å². The fourth-order valence-electron chi connectivity index (χ4n) is 2.18. The lowest BCUT2D eigenvalue weighted by Gasteiger charge is -2.09.